The number of piperazine rings is 1. The van der Waals surface area contributed by atoms with Crippen LogP contribution in [0.2, 0.25) is 5.02 Å². The van der Waals surface area contributed by atoms with E-state index in [0.29, 0.717) is 52.4 Å². The predicted molar refractivity (Wildman–Crippen MR) is 107 cm³/mol. The Hall–Kier alpha value is -1.67. The van der Waals surface area contributed by atoms with Gasteiger partial charge in [0, 0.05) is 36.0 Å². The van der Waals surface area contributed by atoms with Crippen LogP contribution in [0.3, 0.4) is 0 Å². The van der Waals surface area contributed by atoms with Crippen LogP contribution in [-0.4, -0.2) is 52.7 Å². The first-order chi connectivity index (χ1) is 12.6. The summed E-state index contributed by atoms with van der Waals surface area (Å²) in [6, 6.07) is 1.74. The van der Waals surface area contributed by atoms with E-state index in [-0.39, 0.29) is 6.09 Å². The lowest BCUT2D eigenvalue weighted by atomic mass is 10.1. The molecule has 0 unspecified atom stereocenters. The summed E-state index contributed by atoms with van der Waals surface area (Å²) in [5.74, 6) is 0.485. The molecule has 0 saturated carbocycles. The second-order valence-electron chi connectivity index (χ2n) is 7.46. The van der Waals surface area contributed by atoms with Crippen LogP contribution < -0.4 is 4.90 Å². The number of carbonyl (C=O) groups excluding carboxylic acids is 1. The molecule has 146 valence electrons. The Morgan fingerprint density at radius 1 is 1.26 bits per heavy atom. The predicted octanol–water partition coefficient (Wildman–Crippen LogP) is 4.55. The first-order valence-electron chi connectivity index (χ1n) is 8.61. The van der Waals surface area contributed by atoms with Crippen molar-refractivity contribution in [1.29, 1.82) is 0 Å². The van der Waals surface area contributed by atoms with Gasteiger partial charge in [-0.15, -0.1) is 0 Å². The third kappa shape index (κ3) is 4.27. The number of aromatic nitrogens is 2. The molecule has 1 amide bonds. The van der Waals surface area contributed by atoms with Crippen LogP contribution in [-0.2, 0) is 4.74 Å². The minimum atomic E-state index is -0.788. The number of aryl methyl sites for hydroxylation is 1. The summed E-state index contributed by atoms with van der Waals surface area (Å²) >= 11 is 9.69. The van der Waals surface area contributed by atoms with Gasteiger partial charge in [-0.1, -0.05) is 11.6 Å². The van der Waals surface area contributed by atoms with E-state index in [1.807, 2.05) is 32.6 Å². The fraction of sp³-hybridized carbons (Fsp3) is 0.500. The molecule has 3 rings (SSSR count). The monoisotopic (exact) mass is 458 g/mol. The van der Waals surface area contributed by atoms with E-state index < -0.39 is 11.7 Å². The SMILES string of the molecule is Cc1c(Br)c(Cl)cc2c(N3CCN(C(=O)OC(C)(C)C)CC3)nc(F)nc12. The number of amides is 1. The summed E-state index contributed by atoms with van der Waals surface area (Å²) in [6.07, 6.45) is -1.13. The Morgan fingerprint density at radius 3 is 2.48 bits per heavy atom. The van der Waals surface area contributed by atoms with Crippen LogP contribution in [0.1, 0.15) is 26.3 Å². The molecule has 1 fully saturated rings. The normalized spacial score (nSPS) is 15.4. The molecule has 9 heteroatoms. The number of hydrogen-bond acceptors (Lipinski definition) is 5. The maximum atomic E-state index is 14.1. The van der Waals surface area contributed by atoms with Gasteiger partial charge in [0.2, 0.25) is 0 Å². The summed E-state index contributed by atoms with van der Waals surface area (Å²) in [5.41, 5.74) is 0.734. The zero-order valence-corrected chi connectivity index (χ0v) is 18.0. The van der Waals surface area contributed by atoms with Crippen molar-refractivity contribution in [1.82, 2.24) is 14.9 Å². The Balaban J connectivity index is 1.86. The van der Waals surface area contributed by atoms with E-state index in [2.05, 4.69) is 25.9 Å². The number of fused-ring (bicyclic) bond motifs is 1. The van der Waals surface area contributed by atoms with Gasteiger partial charge in [-0.05, 0) is 55.3 Å². The summed E-state index contributed by atoms with van der Waals surface area (Å²) in [4.78, 5) is 23.8. The number of hydrogen-bond donors (Lipinski definition) is 0. The minimum absolute atomic E-state index is 0.344. The molecule has 0 bridgehead atoms. The molecule has 1 saturated heterocycles. The highest BCUT2D eigenvalue weighted by molar-refractivity contribution is 9.10. The van der Waals surface area contributed by atoms with Crippen molar-refractivity contribution in [2.45, 2.75) is 33.3 Å². The van der Waals surface area contributed by atoms with E-state index in [1.54, 1.807) is 11.0 Å². The van der Waals surface area contributed by atoms with Crippen LogP contribution >= 0.6 is 27.5 Å². The number of rotatable bonds is 1. The van der Waals surface area contributed by atoms with Crippen molar-refractivity contribution in [3.05, 3.63) is 27.2 Å². The molecular formula is C18H21BrClFN4O2. The number of nitrogens with zero attached hydrogens (tertiary/aromatic N) is 4. The smallest absolute Gasteiger partial charge is 0.410 e. The first-order valence-corrected chi connectivity index (χ1v) is 9.78. The van der Waals surface area contributed by atoms with Gasteiger partial charge in [0.05, 0.1) is 10.5 Å². The lowest BCUT2D eigenvalue weighted by Crippen LogP contribution is -2.50. The molecule has 0 radical (unpaired) electrons. The number of ether oxygens (including phenoxy) is 1. The summed E-state index contributed by atoms with van der Waals surface area (Å²) in [5, 5.41) is 1.21. The van der Waals surface area contributed by atoms with E-state index in [1.165, 1.54) is 0 Å². The summed E-state index contributed by atoms with van der Waals surface area (Å²) < 4.78 is 20.2. The van der Waals surface area contributed by atoms with Crippen LogP contribution in [0.15, 0.2) is 10.5 Å². The van der Waals surface area contributed by atoms with E-state index in [9.17, 15) is 9.18 Å². The third-order valence-electron chi connectivity index (χ3n) is 4.29. The van der Waals surface area contributed by atoms with Crippen LogP contribution in [0.25, 0.3) is 10.9 Å². The lowest BCUT2D eigenvalue weighted by molar-refractivity contribution is 0.0240. The van der Waals surface area contributed by atoms with Gasteiger partial charge in [-0.2, -0.15) is 9.37 Å². The molecular weight excluding hydrogens is 439 g/mol. The van der Waals surface area contributed by atoms with Crippen molar-refractivity contribution >= 4 is 50.3 Å². The van der Waals surface area contributed by atoms with Gasteiger partial charge in [0.15, 0.2) is 0 Å². The molecule has 27 heavy (non-hydrogen) atoms. The van der Waals surface area contributed by atoms with Gasteiger partial charge >= 0.3 is 12.2 Å². The van der Waals surface area contributed by atoms with Crippen molar-refractivity contribution in [2.75, 3.05) is 31.1 Å². The van der Waals surface area contributed by atoms with Gasteiger partial charge < -0.3 is 14.5 Å². The molecule has 0 N–H and O–H groups in total. The Kier molecular flexibility index (Phi) is 5.49. The number of carbonyl (C=O) groups is 1. The molecule has 6 nitrogen and oxygen atoms in total. The second kappa shape index (κ2) is 7.39. The Labute approximate surface area is 170 Å². The second-order valence-corrected chi connectivity index (χ2v) is 8.66. The van der Waals surface area contributed by atoms with Crippen molar-refractivity contribution < 1.29 is 13.9 Å². The van der Waals surface area contributed by atoms with Gasteiger partial charge in [0.1, 0.15) is 11.4 Å². The fourth-order valence-corrected chi connectivity index (χ4v) is 3.54. The summed E-state index contributed by atoms with van der Waals surface area (Å²) in [6.45, 7) is 9.28. The van der Waals surface area contributed by atoms with Crippen LogP contribution in [0.4, 0.5) is 15.0 Å². The maximum Gasteiger partial charge on any atom is 0.410 e. The highest BCUT2D eigenvalue weighted by Crippen LogP contribution is 2.35. The minimum Gasteiger partial charge on any atom is -0.444 e. The third-order valence-corrected chi connectivity index (χ3v) is 5.84. The molecule has 2 heterocycles. The topological polar surface area (TPSA) is 58.6 Å². The number of anilines is 1. The first kappa shape index (κ1) is 20.1. The van der Waals surface area contributed by atoms with Crippen LogP contribution in [0, 0.1) is 13.0 Å². The largest absolute Gasteiger partial charge is 0.444 e. The van der Waals surface area contributed by atoms with Crippen molar-refractivity contribution in [3.63, 3.8) is 0 Å². The average Bonchev–Trinajstić information content (AvgIpc) is 2.59. The zero-order chi connectivity index (χ0) is 19.9. The standard InChI is InChI=1S/C18H21BrClFN4O2/c1-10-13(19)12(20)9-11-14(10)22-16(21)23-15(11)24-5-7-25(8-6-24)17(26)27-18(2,3)4/h9H,5-8H2,1-4H3. The summed E-state index contributed by atoms with van der Waals surface area (Å²) in [7, 11) is 0. The molecule has 1 aromatic heterocycles. The zero-order valence-electron chi connectivity index (χ0n) is 15.6. The number of benzene rings is 1. The van der Waals surface area contributed by atoms with Gasteiger partial charge in [-0.25, -0.2) is 9.78 Å². The fourth-order valence-electron chi connectivity index (χ4n) is 2.99. The molecule has 0 atom stereocenters. The highest BCUT2D eigenvalue weighted by atomic mass is 79.9. The Morgan fingerprint density at radius 2 is 1.89 bits per heavy atom. The van der Waals surface area contributed by atoms with E-state index in [0.717, 1.165) is 5.56 Å². The van der Waals surface area contributed by atoms with E-state index in [4.69, 9.17) is 16.3 Å². The van der Waals surface area contributed by atoms with Crippen LogP contribution in [0.5, 0.6) is 0 Å². The molecule has 0 aliphatic carbocycles. The Bertz CT molecular complexity index is 895. The van der Waals surface area contributed by atoms with Gasteiger partial charge in [0.25, 0.3) is 0 Å². The lowest BCUT2D eigenvalue weighted by Gasteiger charge is -2.36. The molecule has 0 spiro atoms. The highest BCUT2D eigenvalue weighted by Gasteiger charge is 2.27. The molecule has 1 aliphatic heterocycles. The van der Waals surface area contributed by atoms with Crippen molar-refractivity contribution in [3.8, 4) is 0 Å². The average molecular weight is 460 g/mol. The van der Waals surface area contributed by atoms with Gasteiger partial charge in [-0.3, -0.25) is 0 Å². The number of halogens is 3. The quantitative estimate of drug-likeness (QED) is 0.586. The van der Waals surface area contributed by atoms with E-state index >= 15 is 0 Å². The molecule has 2 aromatic rings. The maximum absolute atomic E-state index is 14.1. The molecule has 1 aliphatic rings. The molecule has 1 aromatic carbocycles. The van der Waals surface area contributed by atoms with Crippen molar-refractivity contribution in [2.24, 2.45) is 0 Å².